The van der Waals surface area contributed by atoms with Crippen molar-refractivity contribution in [3.05, 3.63) is 63.2 Å². The molecule has 4 heteroatoms. The van der Waals surface area contributed by atoms with Crippen molar-refractivity contribution in [3.63, 3.8) is 0 Å². The first-order valence-corrected chi connectivity index (χ1v) is 7.95. The maximum absolute atomic E-state index is 12.1. The van der Waals surface area contributed by atoms with Gasteiger partial charge in [-0.05, 0) is 46.9 Å². The Morgan fingerprint density at radius 2 is 1.82 bits per heavy atom. The number of carbonyl (C=O) groups excluding carboxylic acids is 1. The molecule has 0 spiro atoms. The van der Waals surface area contributed by atoms with Crippen LogP contribution in [0.5, 0.6) is 0 Å². The number of nitrogens with zero attached hydrogens (tertiary/aromatic N) is 1. The van der Waals surface area contributed by atoms with Crippen LogP contribution in [-0.2, 0) is 0 Å². The van der Waals surface area contributed by atoms with E-state index in [0.717, 1.165) is 14.8 Å². The molecule has 0 bridgehead atoms. The molecule has 0 saturated heterocycles. The Morgan fingerprint density at radius 1 is 1.14 bits per heavy atom. The third-order valence-electron chi connectivity index (χ3n) is 3.06. The third kappa shape index (κ3) is 4.25. The summed E-state index contributed by atoms with van der Waals surface area (Å²) in [6, 6.07) is 15.4. The van der Waals surface area contributed by atoms with Crippen LogP contribution in [0, 0.1) is 15.4 Å². The van der Waals surface area contributed by atoms with Gasteiger partial charge < -0.3 is 10.2 Å². The Balaban J connectivity index is 2.01. The van der Waals surface area contributed by atoms with Crippen molar-refractivity contribution in [2.75, 3.05) is 25.5 Å². The molecule has 0 aromatic heterocycles. The van der Waals surface area contributed by atoms with E-state index in [2.05, 4.69) is 39.7 Å². The van der Waals surface area contributed by atoms with Gasteiger partial charge in [-0.1, -0.05) is 36.1 Å². The summed E-state index contributed by atoms with van der Waals surface area (Å²) in [5.74, 6) is 6.02. The Morgan fingerprint density at radius 3 is 2.55 bits per heavy atom. The first-order chi connectivity index (χ1) is 10.6. The lowest BCUT2D eigenvalue weighted by Crippen LogP contribution is -2.24. The molecular weight excluding hydrogens is 387 g/mol. The highest BCUT2D eigenvalue weighted by Gasteiger charge is 2.07. The van der Waals surface area contributed by atoms with Crippen LogP contribution in [0.4, 0.5) is 5.69 Å². The van der Waals surface area contributed by atoms with E-state index in [-0.39, 0.29) is 5.91 Å². The minimum atomic E-state index is -0.0970. The lowest BCUT2D eigenvalue weighted by Gasteiger charge is -2.13. The molecule has 0 aliphatic carbocycles. The molecule has 2 rings (SSSR count). The average molecular weight is 404 g/mol. The quantitative estimate of drug-likeness (QED) is 0.630. The highest BCUT2D eigenvalue weighted by atomic mass is 127. The normalized spacial score (nSPS) is 9.59. The van der Waals surface area contributed by atoms with Gasteiger partial charge in [-0.2, -0.15) is 0 Å². The van der Waals surface area contributed by atoms with Gasteiger partial charge in [0.05, 0.1) is 17.8 Å². The Hall–Kier alpha value is -2.00. The first kappa shape index (κ1) is 16.4. The van der Waals surface area contributed by atoms with E-state index in [4.69, 9.17) is 0 Å². The van der Waals surface area contributed by atoms with Gasteiger partial charge >= 0.3 is 0 Å². The van der Waals surface area contributed by atoms with Crippen molar-refractivity contribution in [1.82, 2.24) is 5.32 Å². The largest absolute Gasteiger partial charge is 0.377 e. The molecule has 0 fully saturated rings. The van der Waals surface area contributed by atoms with Gasteiger partial charge in [-0.3, -0.25) is 4.79 Å². The molecule has 0 radical (unpaired) electrons. The first-order valence-electron chi connectivity index (χ1n) is 6.87. The number of rotatable bonds is 3. The van der Waals surface area contributed by atoms with E-state index in [9.17, 15) is 4.79 Å². The number of halogens is 1. The van der Waals surface area contributed by atoms with Gasteiger partial charge in [0.2, 0.25) is 0 Å². The van der Waals surface area contributed by atoms with Crippen molar-refractivity contribution in [1.29, 1.82) is 0 Å². The molecule has 0 aliphatic heterocycles. The molecule has 1 amide bonds. The number of nitrogens with one attached hydrogen (secondary N) is 1. The minimum Gasteiger partial charge on any atom is -0.377 e. The number of benzene rings is 2. The molecule has 0 unspecified atom stereocenters. The summed E-state index contributed by atoms with van der Waals surface area (Å²) in [5, 5.41) is 2.83. The number of amides is 1. The van der Waals surface area contributed by atoms with E-state index in [1.807, 2.05) is 67.5 Å². The maximum atomic E-state index is 12.1. The molecule has 3 nitrogen and oxygen atoms in total. The molecule has 22 heavy (non-hydrogen) atoms. The molecule has 2 aromatic carbocycles. The van der Waals surface area contributed by atoms with Gasteiger partial charge in [0.25, 0.3) is 5.91 Å². The predicted octanol–water partition coefficient (Wildman–Crippen LogP) is 3.14. The van der Waals surface area contributed by atoms with E-state index in [1.54, 1.807) is 0 Å². The lowest BCUT2D eigenvalue weighted by molar-refractivity contribution is 0.0958. The van der Waals surface area contributed by atoms with Crippen LogP contribution >= 0.6 is 22.6 Å². The smallest absolute Gasteiger partial charge is 0.253 e. The van der Waals surface area contributed by atoms with Gasteiger partial charge in [0.15, 0.2) is 0 Å². The number of anilines is 1. The molecule has 0 aliphatic rings. The van der Waals surface area contributed by atoms with Crippen LogP contribution in [0.15, 0.2) is 48.5 Å². The van der Waals surface area contributed by atoms with Crippen LogP contribution < -0.4 is 10.2 Å². The van der Waals surface area contributed by atoms with Gasteiger partial charge in [0, 0.05) is 23.2 Å². The molecule has 112 valence electrons. The number of hydrogen-bond donors (Lipinski definition) is 1. The fourth-order valence-electron chi connectivity index (χ4n) is 1.97. The second-order valence-electron chi connectivity index (χ2n) is 4.88. The van der Waals surface area contributed by atoms with E-state index in [1.165, 1.54) is 0 Å². The maximum Gasteiger partial charge on any atom is 0.253 e. The van der Waals surface area contributed by atoms with Crippen LogP contribution in [0.2, 0.25) is 0 Å². The lowest BCUT2D eigenvalue weighted by atomic mass is 10.1. The molecule has 0 heterocycles. The zero-order chi connectivity index (χ0) is 15.9. The molecule has 0 saturated carbocycles. The third-order valence-corrected chi connectivity index (χ3v) is 4.01. The molecule has 1 N–H and O–H groups in total. The van der Waals surface area contributed by atoms with Gasteiger partial charge in [-0.15, -0.1) is 0 Å². The fraction of sp³-hybridized carbons (Fsp3) is 0.167. The second kappa shape index (κ2) is 7.85. The summed E-state index contributed by atoms with van der Waals surface area (Å²) < 4.78 is 0.934. The minimum absolute atomic E-state index is 0.0970. The van der Waals surface area contributed by atoms with Crippen molar-refractivity contribution < 1.29 is 4.79 Å². The molecular formula is C18H17IN2O. The Labute approximate surface area is 144 Å². The van der Waals surface area contributed by atoms with E-state index >= 15 is 0 Å². The van der Waals surface area contributed by atoms with E-state index < -0.39 is 0 Å². The monoisotopic (exact) mass is 404 g/mol. The van der Waals surface area contributed by atoms with Gasteiger partial charge in [-0.25, -0.2) is 0 Å². The fourth-order valence-corrected chi connectivity index (χ4v) is 2.61. The zero-order valence-corrected chi connectivity index (χ0v) is 14.7. The van der Waals surface area contributed by atoms with E-state index in [0.29, 0.717) is 12.1 Å². The molecule has 0 atom stereocenters. The SMILES string of the molecule is CN(C)c1ccccc1C#CCNC(=O)c1ccccc1I. The van der Waals surface area contributed by atoms with Crippen molar-refractivity contribution in [3.8, 4) is 11.8 Å². The zero-order valence-electron chi connectivity index (χ0n) is 12.6. The summed E-state index contributed by atoms with van der Waals surface area (Å²) in [7, 11) is 3.97. The second-order valence-corrected chi connectivity index (χ2v) is 6.04. The predicted molar refractivity (Wildman–Crippen MR) is 99.1 cm³/mol. The van der Waals surface area contributed by atoms with Crippen molar-refractivity contribution in [2.45, 2.75) is 0 Å². The average Bonchev–Trinajstić information content (AvgIpc) is 2.52. The Bertz CT molecular complexity index is 729. The number of carbonyl (C=O) groups is 1. The highest BCUT2D eigenvalue weighted by molar-refractivity contribution is 14.1. The summed E-state index contributed by atoms with van der Waals surface area (Å²) in [6.45, 7) is 0.325. The number of hydrogen-bond acceptors (Lipinski definition) is 2. The van der Waals surface area contributed by atoms with Crippen LogP contribution in [0.3, 0.4) is 0 Å². The Kier molecular flexibility index (Phi) is 5.84. The standard InChI is InChI=1S/C18H17IN2O/c1-21(2)17-12-6-3-8-14(17)9-7-13-20-18(22)15-10-4-5-11-16(15)19/h3-6,8,10-12H,13H2,1-2H3,(H,20,22). The van der Waals surface area contributed by atoms with Crippen LogP contribution in [-0.4, -0.2) is 26.5 Å². The van der Waals surface area contributed by atoms with Gasteiger partial charge in [0.1, 0.15) is 0 Å². The van der Waals surface area contributed by atoms with Crippen molar-refractivity contribution in [2.24, 2.45) is 0 Å². The van der Waals surface area contributed by atoms with Crippen LogP contribution in [0.1, 0.15) is 15.9 Å². The topological polar surface area (TPSA) is 32.3 Å². The number of para-hydroxylation sites is 1. The highest BCUT2D eigenvalue weighted by Crippen LogP contribution is 2.16. The summed E-state index contributed by atoms with van der Waals surface area (Å²) in [6.07, 6.45) is 0. The summed E-state index contributed by atoms with van der Waals surface area (Å²) in [4.78, 5) is 14.1. The summed E-state index contributed by atoms with van der Waals surface area (Å²) >= 11 is 2.16. The molecule has 2 aromatic rings. The van der Waals surface area contributed by atoms with Crippen molar-refractivity contribution >= 4 is 34.2 Å². The van der Waals surface area contributed by atoms with Crippen LogP contribution in [0.25, 0.3) is 0 Å². The summed E-state index contributed by atoms with van der Waals surface area (Å²) in [5.41, 5.74) is 2.70.